The summed E-state index contributed by atoms with van der Waals surface area (Å²) in [5.41, 5.74) is 11.4. The minimum Gasteiger partial charge on any atom is -0.384 e. The highest BCUT2D eigenvalue weighted by Gasteiger charge is 2.37. The molecule has 1 atom stereocenters. The van der Waals surface area contributed by atoms with Crippen molar-refractivity contribution < 1.29 is 31.9 Å². The number of anilines is 3. The number of nitriles is 1. The molecular formula is C40H38Cl2F4N10O3. The average Bonchev–Trinajstić information content (AvgIpc) is 3.55. The molecule has 1 unspecified atom stereocenters. The monoisotopic (exact) mass is 852 g/mol. The zero-order valence-corrected chi connectivity index (χ0v) is 33.3. The Kier molecular flexibility index (Phi) is 14.7. The number of hydrazine groups is 1. The molecule has 308 valence electrons. The Morgan fingerprint density at radius 1 is 0.847 bits per heavy atom. The number of ketones is 1. The summed E-state index contributed by atoms with van der Waals surface area (Å²) in [6.07, 6.45) is 4.87. The quantitative estimate of drug-likeness (QED) is 0.0694. The van der Waals surface area contributed by atoms with Crippen LogP contribution in [0.1, 0.15) is 58.8 Å². The summed E-state index contributed by atoms with van der Waals surface area (Å²) >= 11 is 11.8. The summed E-state index contributed by atoms with van der Waals surface area (Å²) < 4.78 is 56.6. The highest BCUT2D eigenvalue weighted by Crippen LogP contribution is 2.34. The van der Waals surface area contributed by atoms with Crippen molar-refractivity contribution in [3.8, 4) is 6.07 Å². The van der Waals surface area contributed by atoms with Crippen molar-refractivity contribution in [1.29, 1.82) is 5.26 Å². The summed E-state index contributed by atoms with van der Waals surface area (Å²) in [4.78, 5) is 46.9. The molecule has 0 bridgehead atoms. The Hall–Kier alpha value is -5.93. The topological polar surface area (TPSA) is 189 Å². The Labute approximate surface area is 346 Å². The van der Waals surface area contributed by atoms with Gasteiger partial charge in [-0.15, -0.1) is 0 Å². The Morgan fingerprint density at radius 3 is 1.90 bits per heavy atom. The molecule has 59 heavy (non-hydrogen) atoms. The second-order valence-electron chi connectivity index (χ2n) is 13.1. The highest BCUT2D eigenvalue weighted by atomic mass is 35.5. The number of nitrogens with two attached hydrogens (primary N) is 2. The molecule has 19 heteroatoms. The third-order valence-electron chi connectivity index (χ3n) is 9.47. The number of carbonyl (C=O) groups is 3. The number of nitrogen functional groups attached to an aromatic ring is 1. The second kappa shape index (κ2) is 19.7. The largest absolute Gasteiger partial charge is 0.384 e. The molecule has 0 saturated carbocycles. The van der Waals surface area contributed by atoms with Crippen molar-refractivity contribution in [2.45, 2.75) is 52.6 Å². The first kappa shape index (κ1) is 44.2. The molecule has 1 saturated heterocycles. The molecule has 5 N–H and O–H groups in total. The van der Waals surface area contributed by atoms with E-state index in [1.807, 2.05) is 13.8 Å². The standard InChI is InChI=1S/C20H18ClF2N5O.C14H12ClFN2O2.C6H8FN3/c1-2-11-8-13(21)17(23)16(9-11)27-7-5-12-18(20(27)29)26-28(19(12)24)10-15-14(22)4-3-6-25-15;1-2-8-5-10(15)12(16)11(6-8)18-4-3-9(7-17)13(19)14(18)20;7-5-2-1-3-9-6(5)4-10-8/h3-4,6,8-9H,2,5,7,10,24H2,1H3;5-6,9H,2-4H2,1H3;1-3,10H,4,8H2. The lowest BCUT2D eigenvalue weighted by atomic mass is 9.95. The second-order valence-corrected chi connectivity index (χ2v) is 14.0. The van der Waals surface area contributed by atoms with Crippen LogP contribution in [0.15, 0.2) is 60.9 Å². The van der Waals surface area contributed by atoms with Gasteiger partial charge < -0.3 is 15.5 Å². The van der Waals surface area contributed by atoms with E-state index in [1.165, 1.54) is 58.4 Å². The number of Topliss-reactive ketones (excluding diaryl/α,β-unsaturated/α-hetero) is 1. The van der Waals surface area contributed by atoms with Crippen LogP contribution in [0.25, 0.3) is 0 Å². The lowest BCUT2D eigenvalue weighted by Gasteiger charge is -2.28. The van der Waals surface area contributed by atoms with Crippen molar-refractivity contribution in [2.75, 3.05) is 28.6 Å². The molecule has 2 amide bonds. The first-order chi connectivity index (χ1) is 28.2. The molecule has 3 aromatic heterocycles. The number of rotatable bonds is 8. The smallest absolute Gasteiger partial charge is 0.295 e. The van der Waals surface area contributed by atoms with Crippen LogP contribution in [0.2, 0.25) is 10.0 Å². The van der Waals surface area contributed by atoms with Gasteiger partial charge in [0.1, 0.15) is 23.4 Å². The van der Waals surface area contributed by atoms with E-state index >= 15 is 0 Å². The van der Waals surface area contributed by atoms with Gasteiger partial charge in [0, 0.05) is 31.0 Å². The van der Waals surface area contributed by atoms with Crippen LogP contribution in [0, 0.1) is 40.5 Å². The van der Waals surface area contributed by atoms with Gasteiger partial charge in [0.05, 0.1) is 52.0 Å². The first-order valence-corrected chi connectivity index (χ1v) is 19.0. The molecule has 5 heterocycles. The number of pyridine rings is 2. The summed E-state index contributed by atoms with van der Waals surface area (Å²) in [5.74, 6) is 0.000570. The van der Waals surface area contributed by atoms with E-state index in [0.29, 0.717) is 30.5 Å². The number of benzene rings is 2. The zero-order valence-electron chi connectivity index (χ0n) is 31.8. The lowest BCUT2D eigenvalue weighted by molar-refractivity contribution is -0.139. The number of halogens is 6. The first-order valence-electron chi connectivity index (χ1n) is 18.2. The van der Waals surface area contributed by atoms with Crippen LogP contribution in [-0.2, 0) is 41.9 Å². The molecule has 2 aromatic carbocycles. The fraction of sp³-hybridized carbons (Fsp3) is 0.275. The van der Waals surface area contributed by atoms with Gasteiger partial charge in [-0.25, -0.2) is 22.2 Å². The van der Waals surface area contributed by atoms with Crippen LogP contribution in [0.4, 0.5) is 34.8 Å². The minimum absolute atomic E-state index is 0.00379. The molecule has 0 radical (unpaired) electrons. The number of aryl methyl sites for hydroxylation is 2. The summed E-state index contributed by atoms with van der Waals surface area (Å²) in [7, 11) is 0. The molecule has 13 nitrogen and oxygen atoms in total. The normalized spacial score (nSPS) is 14.8. The number of nitrogens with zero attached hydrogens (tertiary/aromatic N) is 7. The average molecular weight is 854 g/mol. The number of amides is 2. The Balaban J connectivity index is 0.000000190. The number of hydrogen-bond donors (Lipinski definition) is 3. The minimum atomic E-state index is -0.938. The van der Waals surface area contributed by atoms with Crippen LogP contribution in [0.5, 0.6) is 0 Å². The number of carbonyl (C=O) groups excluding carboxylic acids is 3. The third-order valence-corrected chi connectivity index (χ3v) is 10.0. The SMILES string of the molecule is CCc1cc(Cl)c(F)c(N2CCC(C#N)C(=O)C2=O)c1.CCc1cc(Cl)c(F)c(N2CCc3c(nn(Cc4ncccc4F)c3N)C2=O)c1.NNCc1ncccc1F. The van der Waals surface area contributed by atoms with Crippen LogP contribution in [-0.4, -0.2) is 50.4 Å². The molecule has 7 rings (SSSR count). The fourth-order valence-corrected chi connectivity index (χ4v) is 6.71. The van der Waals surface area contributed by atoms with E-state index in [4.69, 9.17) is 40.0 Å². The predicted molar refractivity (Wildman–Crippen MR) is 213 cm³/mol. The predicted octanol–water partition coefficient (Wildman–Crippen LogP) is 6.28. The van der Waals surface area contributed by atoms with Gasteiger partial charge in [-0.2, -0.15) is 10.4 Å². The van der Waals surface area contributed by atoms with Gasteiger partial charge in [-0.1, -0.05) is 37.0 Å². The number of aromatic nitrogens is 4. The van der Waals surface area contributed by atoms with Gasteiger partial charge >= 0.3 is 0 Å². The van der Waals surface area contributed by atoms with E-state index in [9.17, 15) is 31.9 Å². The number of nitrogens with one attached hydrogen (secondary N) is 1. The summed E-state index contributed by atoms with van der Waals surface area (Å²) in [6, 6.07) is 13.6. The third kappa shape index (κ3) is 9.86. The van der Waals surface area contributed by atoms with Crippen molar-refractivity contribution in [3.63, 3.8) is 0 Å². The van der Waals surface area contributed by atoms with Crippen LogP contribution >= 0.6 is 23.2 Å². The Morgan fingerprint density at radius 2 is 1.39 bits per heavy atom. The van der Waals surface area contributed by atoms with Gasteiger partial charge in [0.15, 0.2) is 17.3 Å². The molecule has 0 spiro atoms. The molecular weight excluding hydrogens is 815 g/mol. The number of piperidine rings is 1. The molecule has 2 aliphatic heterocycles. The lowest BCUT2D eigenvalue weighted by Crippen LogP contribution is -2.46. The molecule has 0 aliphatic carbocycles. The molecule has 5 aromatic rings. The van der Waals surface area contributed by atoms with E-state index in [-0.39, 0.29) is 77.0 Å². The van der Waals surface area contributed by atoms with Gasteiger partial charge in [0.25, 0.3) is 11.8 Å². The number of hydrogen-bond acceptors (Lipinski definition) is 10. The fourth-order valence-electron chi connectivity index (χ4n) is 6.24. The maximum absolute atomic E-state index is 14.6. The molecule has 2 aliphatic rings. The van der Waals surface area contributed by atoms with Crippen LogP contribution in [0.3, 0.4) is 0 Å². The van der Waals surface area contributed by atoms with Crippen LogP contribution < -0.4 is 26.8 Å². The maximum Gasteiger partial charge on any atom is 0.295 e. The summed E-state index contributed by atoms with van der Waals surface area (Å²) in [5, 5.41) is 12.9. The van der Waals surface area contributed by atoms with Gasteiger partial charge in [-0.3, -0.25) is 35.6 Å². The van der Waals surface area contributed by atoms with E-state index in [0.717, 1.165) is 16.0 Å². The summed E-state index contributed by atoms with van der Waals surface area (Å²) in [6.45, 7) is 4.41. The van der Waals surface area contributed by atoms with Crippen molar-refractivity contribution in [2.24, 2.45) is 11.8 Å². The number of fused-ring (bicyclic) bond motifs is 1. The highest BCUT2D eigenvalue weighted by molar-refractivity contribution is 6.43. The van der Waals surface area contributed by atoms with E-state index in [1.54, 1.807) is 18.2 Å². The zero-order chi connectivity index (χ0) is 43.0. The van der Waals surface area contributed by atoms with E-state index < -0.39 is 41.0 Å². The van der Waals surface area contributed by atoms with Gasteiger partial charge in [0.2, 0.25) is 5.78 Å². The maximum atomic E-state index is 14.6. The van der Waals surface area contributed by atoms with Crippen molar-refractivity contribution >= 4 is 58.0 Å². The molecule has 1 fully saturated rings. The van der Waals surface area contributed by atoms with Crippen molar-refractivity contribution in [3.05, 3.63) is 128 Å². The Bertz CT molecular complexity index is 2430. The van der Waals surface area contributed by atoms with E-state index in [2.05, 4.69) is 20.5 Å². The van der Waals surface area contributed by atoms with Crippen molar-refractivity contribution in [1.82, 2.24) is 25.2 Å². The van der Waals surface area contributed by atoms with Gasteiger partial charge in [-0.05, 0) is 85.3 Å².